The minimum Gasteiger partial charge on any atom is -0.299 e. The van der Waals surface area contributed by atoms with Crippen LogP contribution in [0, 0.1) is 0 Å². The van der Waals surface area contributed by atoms with Crippen LogP contribution in [-0.4, -0.2) is 25.7 Å². The Hall–Kier alpha value is -2.99. The van der Waals surface area contributed by atoms with Gasteiger partial charge >= 0.3 is 0 Å². The molecule has 0 saturated carbocycles. The van der Waals surface area contributed by atoms with Gasteiger partial charge in [0.15, 0.2) is 16.3 Å². The number of H-pyrrole nitrogens is 1. The predicted molar refractivity (Wildman–Crippen MR) is 107 cm³/mol. The normalized spacial score (nSPS) is 11.7. The third-order valence-corrected chi connectivity index (χ3v) is 5.21. The standard InChI is InChI=1S/C20H14N4OS/c1-2-26-20-23-18-17(19(25)24-20)21-15-13-9-5-3-7-11(13)12-8-4-6-10-14(12)16(15)22-18/h3-10H,2H2,1H3,(H,22,23,24,25). The molecular weight excluding hydrogens is 344 g/mol. The fourth-order valence-electron chi connectivity index (χ4n) is 3.37. The van der Waals surface area contributed by atoms with E-state index in [4.69, 9.17) is 4.98 Å². The average Bonchev–Trinajstić information content (AvgIpc) is 2.67. The molecule has 2 aromatic heterocycles. The Kier molecular flexibility index (Phi) is 3.39. The van der Waals surface area contributed by atoms with Crippen molar-refractivity contribution in [1.82, 2.24) is 19.9 Å². The van der Waals surface area contributed by atoms with Crippen molar-refractivity contribution in [3.05, 3.63) is 58.9 Å². The van der Waals surface area contributed by atoms with Gasteiger partial charge in [0.25, 0.3) is 5.56 Å². The first-order chi connectivity index (χ1) is 12.8. The fraction of sp³-hybridized carbons (Fsp3) is 0.100. The van der Waals surface area contributed by atoms with Crippen LogP contribution in [-0.2, 0) is 0 Å². The number of rotatable bonds is 2. The number of benzene rings is 3. The van der Waals surface area contributed by atoms with E-state index in [1.54, 1.807) is 0 Å². The number of nitrogens with one attached hydrogen (secondary N) is 1. The smallest absolute Gasteiger partial charge is 0.279 e. The lowest BCUT2D eigenvalue weighted by molar-refractivity contribution is 0.958. The molecule has 5 nitrogen and oxygen atoms in total. The Morgan fingerprint density at radius 3 is 2.00 bits per heavy atom. The van der Waals surface area contributed by atoms with Gasteiger partial charge in [0.1, 0.15) is 0 Å². The second-order valence-corrected chi connectivity index (χ2v) is 7.24. The molecule has 0 aliphatic carbocycles. The average molecular weight is 358 g/mol. The van der Waals surface area contributed by atoms with Gasteiger partial charge in [-0.1, -0.05) is 67.2 Å². The first-order valence-electron chi connectivity index (χ1n) is 8.40. The van der Waals surface area contributed by atoms with E-state index in [9.17, 15) is 4.79 Å². The molecule has 0 amide bonds. The zero-order chi connectivity index (χ0) is 17.7. The van der Waals surface area contributed by atoms with E-state index in [-0.39, 0.29) is 11.1 Å². The maximum Gasteiger partial charge on any atom is 0.279 e. The van der Waals surface area contributed by atoms with Crippen molar-refractivity contribution >= 4 is 55.5 Å². The molecule has 126 valence electrons. The highest BCUT2D eigenvalue weighted by Crippen LogP contribution is 2.33. The molecular formula is C20H14N4OS. The van der Waals surface area contributed by atoms with Gasteiger partial charge in [0, 0.05) is 10.8 Å². The largest absolute Gasteiger partial charge is 0.299 e. The van der Waals surface area contributed by atoms with E-state index in [1.807, 2.05) is 43.3 Å². The van der Waals surface area contributed by atoms with E-state index in [0.717, 1.165) is 38.3 Å². The molecule has 1 N–H and O–H groups in total. The Morgan fingerprint density at radius 1 is 0.808 bits per heavy atom. The van der Waals surface area contributed by atoms with Gasteiger partial charge in [-0.3, -0.25) is 9.78 Å². The highest BCUT2D eigenvalue weighted by atomic mass is 32.2. The summed E-state index contributed by atoms with van der Waals surface area (Å²) in [6, 6.07) is 16.2. The van der Waals surface area contributed by atoms with Gasteiger partial charge in [-0.05, 0) is 16.5 Å². The van der Waals surface area contributed by atoms with Gasteiger partial charge in [-0.15, -0.1) is 0 Å². The summed E-state index contributed by atoms with van der Waals surface area (Å²) in [5.74, 6) is 0.822. The number of nitrogens with zero attached hydrogens (tertiary/aromatic N) is 3. The summed E-state index contributed by atoms with van der Waals surface area (Å²) in [6.07, 6.45) is 0. The first-order valence-corrected chi connectivity index (χ1v) is 9.39. The lowest BCUT2D eigenvalue weighted by atomic mass is 9.99. The van der Waals surface area contributed by atoms with Crippen LogP contribution in [0.4, 0.5) is 0 Å². The topological polar surface area (TPSA) is 71.5 Å². The summed E-state index contributed by atoms with van der Waals surface area (Å²) in [5.41, 5.74) is 1.92. The minimum absolute atomic E-state index is 0.252. The third kappa shape index (κ3) is 2.19. The zero-order valence-electron chi connectivity index (χ0n) is 14.0. The minimum atomic E-state index is -0.252. The quantitative estimate of drug-likeness (QED) is 0.221. The Labute approximate surface area is 152 Å². The molecule has 5 aromatic rings. The second-order valence-electron chi connectivity index (χ2n) is 5.99. The molecule has 0 atom stereocenters. The summed E-state index contributed by atoms with van der Waals surface area (Å²) in [6.45, 7) is 2.01. The van der Waals surface area contributed by atoms with Crippen molar-refractivity contribution in [2.45, 2.75) is 12.1 Å². The molecule has 0 spiro atoms. The van der Waals surface area contributed by atoms with Crippen molar-refractivity contribution in [2.75, 3.05) is 5.75 Å². The number of thioether (sulfide) groups is 1. The maximum atomic E-state index is 12.5. The third-order valence-electron chi connectivity index (χ3n) is 4.46. The van der Waals surface area contributed by atoms with Gasteiger partial charge in [0.2, 0.25) is 0 Å². The fourth-order valence-corrected chi connectivity index (χ4v) is 3.96. The maximum absolute atomic E-state index is 12.5. The molecule has 0 bridgehead atoms. The molecule has 5 rings (SSSR count). The van der Waals surface area contributed by atoms with Crippen molar-refractivity contribution in [3.63, 3.8) is 0 Å². The number of aromatic amines is 1. The molecule has 0 radical (unpaired) electrons. The molecule has 0 fully saturated rings. The summed E-state index contributed by atoms with van der Waals surface area (Å²) in [4.78, 5) is 29.2. The first kappa shape index (κ1) is 15.3. The highest BCUT2D eigenvalue weighted by Gasteiger charge is 2.14. The molecule has 2 heterocycles. The van der Waals surface area contributed by atoms with E-state index in [1.165, 1.54) is 11.8 Å². The van der Waals surface area contributed by atoms with Crippen LogP contribution in [0.15, 0.2) is 58.5 Å². The lowest BCUT2D eigenvalue weighted by Gasteiger charge is -2.09. The van der Waals surface area contributed by atoms with Crippen LogP contribution in [0.1, 0.15) is 6.92 Å². The predicted octanol–water partition coefficient (Wildman–Crippen LogP) is 4.28. The molecule has 0 aliphatic rings. The molecule has 6 heteroatoms. The van der Waals surface area contributed by atoms with Crippen LogP contribution < -0.4 is 5.56 Å². The number of aromatic nitrogens is 4. The number of hydrogen-bond donors (Lipinski definition) is 1. The van der Waals surface area contributed by atoms with Gasteiger partial charge < -0.3 is 0 Å². The SMILES string of the molecule is CCSc1nc2nc3c4ccccc4c4ccccc4c3nc2c(=O)[nH]1. The van der Waals surface area contributed by atoms with Gasteiger partial charge in [0.05, 0.1) is 11.0 Å². The van der Waals surface area contributed by atoms with Crippen molar-refractivity contribution in [2.24, 2.45) is 0 Å². The zero-order valence-corrected chi connectivity index (χ0v) is 14.8. The molecule has 3 aromatic carbocycles. The monoisotopic (exact) mass is 358 g/mol. The van der Waals surface area contributed by atoms with E-state index in [2.05, 4.69) is 27.1 Å². The molecule has 0 unspecified atom stereocenters. The lowest BCUT2D eigenvalue weighted by Crippen LogP contribution is -2.12. The van der Waals surface area contributed by atoms with E-state index >= 15 is 0 Å². The second kappa shape index (κ2) is 5.78. The summed E-state index contributed by atoms with van der Waals surface area (Å²) in [7, 11) is 0. The van der Waals surface area contributed by atoms with Crippen LogP contribution in [0.25, 0.3) is 43.7 Å². The van der Waals surface area contributed by atoms with Crippen molar-refractivity contribution < 1.29 is 0 Å². The van der Waals surface area contributed by atoms with Crippen LogP contribution >= 0.6 is 11.8 Å². The summed E-state index contributed by atoms with van der Waals surface area (Å²) >= 11 is 1.48. The Morgan fingerprint density at radius 2 is 1.38 bits per heavy atom. The van der Waals surface area contributed by atoms with Crippen molar-refractivity contribution in [3.8, 4) is 0 Å². The highest BCUT2D eigenvalue weighted by molar-refractivity contribution is 7.99. The number of hydrogen-bond acceptors (Lipinski definition) is 5. The van der Waals surface area contributed by atoms with Gasteiger partial charge in [-0.25, -0.2) is 15.0 Å². The Balaban J connectivity index is 2.03. The molecule has 0 aliphatic heterocycles. The van der Waals surface area contributed by atoms with Crippen LogP contribution in [0.5, 0.6) is 0 Å². The number of fused-ring (bicyclic) bond motifs is 7. The summed E-state index contributed by atoms with van der Waals surface area (Å²) < 4.78 is 0. The van der Waals surface area contributed by atoms with E-state index < -0.39 is 0 Å². The van der Waals surface area contributed by atoms with Gasteiger partial charge in [-0.2, -0.15) is 0 Å². The molecule has 0 saturated heterocycles. The molecule has 26 heavy (non-hydrogen) atoms. The van der Waals surface area contributed by atoms with Crippen molar-refractivity contribution in [1.29, 1.82) is 0 Å². The summed E-state index contributed by atoms with van der Waals surface area (Å²) in [5, 5.41) is 4.80. The Bertz CT molecular complexity index is 1380. The van der Waals surface area contributed by atoms with Crippen LogP contribution in [0.2, 0.25) is 0 Å². The van der Waals surface area contributed by atoms with E-state index in [0.29, 0.717) is 10.8 Å². The van der Waals surface area contributed by atoms with Crippen LogP contribution in [0.3, 0.4) is 0 Å².